The molecule has 300 valence electrons. The molecule has 5 heterocycles. The Balaban J connectivity index is 1.33. The molecule has 4 heteroatoms. The van der Waals surface area contributed by atoms with Crippen LogP contribution in [0, 0.1) is 0 Å². The molecule has 0 atom stereocenters. The highest BCUT2D eigenvalue weighted by molar-refractivity contribution is 7.02. The van der Waals surface area contributed by atoms with Gasteiger partial charge in [0, 0.05) is 54.6 Å². The molecule has 0 aliphatic carbocycles. The molecule has 0 radical (unpaired) electrons. The van der Waals surface area contributed by atoms with E-state index < -0.39 is 0 Å². The van der Waals surface area contributed by atoms with Crippen molar-refractivity contribution in [1.82, 2.24) is 13.7 Å². The maximum Gasteiger partial charge on any atom is 0.253 e. The summed E-state index contributed by atoms with van der Waals surface area (Å²) in [6.07, 6.45) is 0. The molecule has 0 N–H and O–H groups in total. The molecule has 0 unspecified atom stereocenters. The molecule has 2 aliphatic rings. The SMILES string of the molecule is CC(C)(C)c1ccc2c(c1)c1cc3c(c4c1n2-c1cc2ccccc2c2c1B4c1cc(C(C)(C)C)cc4c5cc(C(C)(C)C)ccc5n-2c14)c1ccccc1n3-c1ccccc1. The molecule has 0 amide bonds. The Kier molecular flexibility index (Phi) is 6.82. The van der Waals surface area contributed by atoms with Gasteiger partial charge in [-0.25, -0.2) is 0 Å². The molecular weight excluding hydrogens is 749 g/mol. The van der Waals surface area contributed by atoms with Gasteiger partial charge in [0.1, 0.15) is 0 Å². The van der Waals surface area contributed by atoms with E-state index in [1.165, 1.54) is 126 Å². The van der Waals surface area contributed by atoms with Gasteiger partial charge in [-0.15, -0.1) is 0 Å². The van der Waals surface area contributed by atoms with Crippen LogP contribution in [0.3, 0.4) is 0 Å². The Bertz CT molecular complexity index is 3790. The molecule has 0 spiro atoms. The molecule has 2 aliphatic heterocycles. The van der Waals surface area contributed by atoms with Gasteiger partial charge in [0.05, 0.1) is 33.3 Å². The summed E-state index contributed by atoms with van der Waals surface area (Å²) in [5, 5.41) is 10.5. The summed E-state index contributed by atoms with van der Waals surface area (Å²) >= 11 is 0. The molecule has 0 saturated heterocycles. The zero-order valence-corrected chi connectivity index (χ0v) is 37.2. The summed E-state index contributed by atoms with van der Waals surface area (Å²) in [4.78, 5) is 0. The molecule has 11 aromatic rings. The van der Waals surface area contributed by atoms with E-state index >= 15 is 0 Å². The van der Waals surface area contributed by atoms with Crippen molar-refractivity contribution in [3.63, 3.8) is 0 Å². The van der Waals surface area contributed by atoms with Crippen LogP contribution in [0.2, 0.25) is 0 Å². The average molecular weight is 800 g/mol. The Labute approximate surface area is 363 Å². The lowest BCUT2D eigenvalue weighted by Gasteiger charge is -2.36. The van der Waals surface area contributed by atoms with Crippen molar-refractivity contribution in [2.75, 3.05) is 0 Å². The molecular formula is C58H50BN3. The van der Waals surface area contributed by atoms with Crippen LogP contribution in [0.25, 0.3) is 93.3 Å². The topological polar surface area (TPSA) is 14.8 Å². The highest BCUT2D eigenvalue weighted by Crippen LogP contribution is 2.46. The lowest BCUT2D eigenvalue weighted by atomic mass is 9.33. The van der Waals surface area contributed by atoms with Crippen molar-refractivity contribution in [2.24, 2.45) is 0 Å². The Morgan fingerprint density at radius 1 is 0.387 bits per heavy atom. The first kappa shape index (κ1) is 36.2. The Hall–Kier alpha value is -6.52. The molecule has 0 fully saturated rings. The van der Waals surface area contributed by atoms with E-state index in [0.717, 1.165) is 0 Å². The Morgan fingerprint density at radius 3 is 1.63 bits per heavy atom. The number of rotatable bonds is 1. The molecule has 0 bridgehead atoms. The van der Waals surface area contributed by atoms with E-state index in [0.29, 0.717) is 0 Å². The van der Waals surface area contributed by atoms with Crippen LogP contribution in [0.5, 0.6) is 0 Å². The number of aromatic nitrogens is 3. The van der Waals surface area contributed by atoms with Crippen LogP contribution in [0.15, 0.2) is 140 Å². The fourth-order valence-corrected chi connectivity index (χ4v) is 11.5. The third kappa shape index (κ3) is 4.57. The van der Waals surface area contributed by atoms with Gasteiger partial charge in [-0.2, -0.15) is 0 Å². The first-order valence-corrected chi connectivity index (χ1v) is 22.5. The number of benzene rings is 8. The lowest BCUT2D eigenvalue weighted by molar-refractivity contribution is 0.590. The quantitative estimate of drug-likeness (QED) is 0.147. The first-order valence-electron chi connectivity index (χ1n) is 22.5. The number of para-hydroxylation sites is 2. The van der Waals surface area contributed by atoms with Gasteiger partial charge in [0.15, 0.2) is 0 Å². The van der Waals surface area contributed by atoms with Crippen molar-refractivity contribution in [1.29, 1.82) is 0 Å². The van der Waals surface area contributed by atoms with Crippen LogP contribution < -0.4 is 16.4 Å². The van der Waals surface area contributed by atoms with Crippen molar-refractivity contribution < 1.29 is 0 Å². The van der Waals surface area contributed by atoms with E-state index in [4.69, 9.17) is 0 Å². The zero-order valence-electron chi connectivity index (χ0n) is 37.2. The van der Waals surface area contributed by atoms with Crippen LogP contribution in [-0.2, 0) is 16.2 Å². The van der Waals surface area contributed by atoms with E-state index in [-0.39, 0.29) is 23.0 Å². The summed E-state index contributed by atoms with van der Waals surface area (Å²) in [7, 11) is 0. The van der Waals surface area contributed by atoms with Gasteiger partial charge in [-0.05, 0) is 115 Å². The van der Waals surface area contributed by atoms with Crippen molar-refractivity contribution in [2.45, 2.75) is 78.6 Å². The van der Waals surface area contributed by atoms with Crippen LogP contribution in [-0.4, -0.2) is 20.4 Å². The standard InChI is InChI=1S/C58H50BN3/c1-56(2,3)34-23-25-46-41(29-34)43-32-48-50(39-21-15-16-22-45(39)60(48)37-18-11-10-12-19-37)52-55(43)61(46)49-27-33-17-13-14-20-38(33)54-51(49)59(52)44-31-36(58(7,8)9)30-42-40-28-35(57(4,5)6)24-26-47(40)62(54)53(42)44/h10-32H,1-9H3. The van der Waals surface area contributed by atoms with E-state index in [9.17, 15) is 0 Å². The molecule has 8 aromatic carbocycles. The normalized spacial score (nSPS) is 13.9. The minimum Gasteiger partial charge on any atom is -0.310 e. The Morgan fingerprint density at radius 2 is 0.952 bits per heavy atom. The van der Waals surface area contributed by atoms with Gasteiger partial charge < -0.3 is 13.7 Å². The highest BCUT2D eigenvalue weighted by atomic mass is 15.0. The predicted octanol–water partition coefficient (Wildman–Crippen LogP) is 13.2. The van der Waals surface area contributed by atoms with Crippen molar-refractivity contribution >= 4 is 99.3 Å². The monoisotopic (exact) mass is 799 g/mol. The average Bonchev–Trinajstić information content (AvgIpc) is 3.88. The number of nitrogens with zero attached hydrogens (tertiary/aromatic N) is 3. The zero-order chi connectivity index (χ0) is 42.4. The van der Waals surface area contributed by atoms with Crippen molar-refractivity contribution in [3.05, 3.63) is 156 Å². The van der Waals surface area contributed by atoms with E-state index in [1.54, 1.807) is 0 Å². The molecule has 62 heavy (non-hydrogen) atoms. The van der Waals surface area contributed by atoms with Gasteiger partial charge in [0.2, 0.25) is 0 Å². The second-order valence-corrected chi connectivity index (χ2v) is 21.4. The van der Waals surface area contributed by atoms with Crippen molar-refractivity contribution in [3.8, 4) is 17.1 Å². The van der Waals surface area contributed by atoms with Gasteiger partial charge >= 0.3 is 0 Å². The summed E-state index contributed by atoms with van der Waals surface area (Å²) in [5.41, 5.74) is 19.8. The summed E-state index contributed by atoms with van der Waals surface area (Å²) in [6.45, 7) is 21.2. The minimum absolute atomic E-state index is 0.00214. The molecule has 3 aromatic heterocycles. The fourth-order valence-electron chi connectivity index (χ4n) is 11.5. The predicted molar refractivity (Wildman–Crippen MR) is 268 cm³/mol. The molecule has 13 rings (SSSR count). The lowest BCUT2D eigenvalue weighted by Crippen LogP contribution is -2.59. The highest BCUT2D eigenvalue weighted by Gasteiger charge is 2.44. The first-order chi connectivity index (χ1) is 29.7. The number of hydrogen-bond acceptors (Lipinski definition) is 0. The van der Waals surface area contributed by atoms with Crippen LogP contribution in [0.4, 0.5) is 0 Å². The second kappa shape index (κ2) is 11.7. The minimum atomic E-state index is -0.0647. The van der Waals surface area contributed by atoms with Gasteiger partial charge in [-0.1, -0.05) is 141 Å². The van der Waals surface area contributed by atoms with E-state index in [1.807, 2.05) is 0 Å². The third-order valence-electron chi connectivity index (χ3n) is 14.6. The fraction of sp³-hybridized carbons (Fsp3) is 0.207. The maximum absolute atomic E-state index is 2.68. The van der Waals surface area contributed by atoms with Crippen LogP contribution in [0.1, 0.15) is 79.0 Å². The summed E-state index contributed by atoms with van der Waals surface area (Å²) in [6, 6.07) is 54.1. The number of fused-ring (bicyclic) bond motifs is 16. The van der Waals surface area contributed by atoms with Crippen LogP contribution >= 0.6 is 0 Å². The van der Waals surface area contributed by atoms with Gasteiger partial charge in [-0.3, -0.25) is 0 Å². The third-order valence-corrected chi connectivity index (χ3v) is 14.6. The largest absolute Gasteiger partial charge is 0.310 e. The maximum atomic E-state index is 2.68. The molecule has 0 saturated carbocycles. The van der Waals surface area contributed by atoms with Gasteiger partial charge in [0.25, 0.3) is 6.71 Å². The summed E-state index contributed by atoms with van der Waals surface area (Å²) < 4.78 is 7.88. The smallest absolute Gasteiger partial charge is 0.253 e. The van der Waals surface area contributed by atoms with E-state index in [2.05, 4.69) is 216 Å². The summed E-state index contributed by atoms with van der Waals surface area (Å²) in [5.74, 6) is 0. The molecule has 3 nitrogen and oxygen atoms in total. The second-order valence-electron chi connectivity index (χ2n) is 21.4. The number of hydrogen-bond donors (Lipinski definition) is 0.